The molecule has 17 heavy (non-hydrogen) atoms. The molecular formula is C15H14ClN. The van der Waals surface area contributed by atoms with Crippen LogP contribution in [-0.2, 0) is 19.6 Å². The molecule has 2 aromatic carbocycles. The number of nitrogens with zero attached hydrogens (tertiary/aromatic N) is 1. The molecule has 0 fully saturated rings. The van der Waals surface area contributed by atoms with Crippen LogP contribution in [0.25, 0.3) is 0 Å². The van der Waals surface area contributed by atoms with E-state index in [-0.39, 0.29) is 0 Å². The molecule has 86 valence electrons. The first-order valence-corrected chi connectivity index (χ1v) is 6.23. The van der Waals surface area contributed by atoms with E-state index in [1.165, 1.54) is 16.7 Å². The molecule has 0 radical (unpaired) electrons. The Labute approximate surface area is 107 Å². The molecule has 0 bridgehead atoms. The van der Waals surface area contributed by atoms with Gasteiger partial charge in [-0.15, -0.1) is 0 Å². The van der Waals surface area contributed by atoms with E-state index < -0.39 is 0 Å². The van der Waals surface area contributed by atoms with Gasteiger partial charge in [-0.05, 0) is 28.8 Å². The van der Waals surface area contributed by atoms with Crippen LogP contribution in [0.3, 0.4) is 0 Å². The first kappa shape index (κ1) is 10.8. The quantitative estimate of drug-likeness (QED) is 0.774. The first-order chi connectivity index (χ1) is 8.31. The van der Waals surface area contributed by atoms with E-state index in [0.29, 0.717) is 0 Å². The third-order valence-electron chi connectivity index (χ3n) is 3.21. The van der Waals surface area contributed by atoms with Crippen LogP contribution in [0.15, 0.2) is 48.5 Å². The fraction of sp³-hybridized carbons (Fsp3) is 0.200. The number of rotatable bonds is 2. The van der Waals surface area contributed by atoms with E-state index in [2.05, 4.69) is 47.4 Å². The molecule has 1 aliphatic heterocycles. The maximum atomic E-state index is 6.01. The lowest BCUT2D eigenvalue weighted by atomic mass is 10.1. The summed E-state index contributed by atoms with van der Waals surface area (Å²) < 4.78 is 0. The maximum absolute atomic E-state index is 6.01. The smallest absolute Gasteiger partial charge is 0.0409 e. The molecule has 0 aliphatic carbocycles. The molecule has 0 amide bonds. The first-order valence-electron chi connectivity index (χ1n) is 5.85. The zero-order valence-corrected chi connectivity index (χ0v) is 10.3. The number of fused-ring (bicyclic) bond motifs is 1. The fourth-order valence-electron chi connectivity index (χ4n) is 2.39. The van der Waals surface area contributed by atoms with Gasteiger partial charge in [0.2, 0.25) is 0 Å². The minimum atomic E-state index is 0.838. The van der Waals surface area contributed by atoms with Gasteiger partial charge < -0.3 is 0 Å². The molecule has 0 saturated carbocycles. The van der Waals surface area contributed by atoms with Crippen molar-refractivity contribution in [2.75, 3.05) is 0 Å². The standard InChI is InChI=1S/C15H14ClN/c16-15-7-6-13-10-17(11-14(13)8-15)9-12-4-2-1-3-5-12/h1-8H,9-11H2. The number of hydrogen-bond donors (Lipinski definition) is 0. The van der Waals surface area contributed by atoms with Crippen molar-refractivity contribution in [3.8, 4) is 0 Å². The Bertz CT molecular complexity index is 522. The zero-order chi connectivity index (χ0) is 11.7. The van der Waals surface area contributed by atoms with Crippen LogP contribution in [0.1, 0.15) is 16.7 Å². The highest BCUT2D eigenvalue weighted by atomic mass is 35.5. The Balaban J connectivity index is 1.74. The van der Waals surface area contributed by atoms with Crippen molar-refractivity contribution in [3.63, 3.8) is 0 Å². The van der Waals surface area contributed by atoms with E-state index in [4.69, 9.17) is 11.6 Å². The lowest BCUT2D eigenvalue weighted by molar-refractivity contribution is 0.275. The van der Waals surface area contributed by atoms with Gasteiger partial charge in [-0.1, -0.05) is 48.0 Å². The van der Waals surface area contributed by atoms with E-state index in [9.17, 15) is 0 Å². The van der Waals surface area contributed by atoms with E-state index in [0.717, 1.165) is 24.7 Å². The summed E-state index contributed by atoms with van der Waals surface area (Å²) in [5.41, 5.74) is 4.14. The minimum absolute atomic E-state index is 0.838. The highest BCUT2D eigenvalue weighted by Gasteiger charge is 2.18. The molecule has 0 saturated heterocycles. The van der Waals surface area contributed by atoms with Gasteiger partial charge in [0, 0.05) is 24.7 Å². The third kappa shape index (κ3) is 2.36. The summed E-state index contributed by atoms with van der Waals surface area (Å²) in [6.07, 6.45) is 0. The summed E-state index contributed by atoms with van der Waals surface area (Å²) in [6.45, 7) is 3.04. The third-order valence-corrected chi connectivity index (χ3v) is 3.44. The molecule has 1 heterocycles. The average Bonchev–Trinajstić information content (AvgIpc) is 2.71. The Kier molecular flexibility index (Phi) is 2.87. The number of halogens is 1. The summed E-state index contributed by atoms with van der Waals surface area (Å²) in [4.78, 5) is 2.44. The van der Waals surface area contributed by atoms with Crippen LogP contribution in [-0.4, -0.2) is 4.90 Å². The van der Waals surface area contributed by atoms with Crippen molar-refractivity contribution in [1.29, 1.82) is 0 Å². The second-order valence-electron chi connectivity index (χ2n) is 4.54. The zero-order valence-electron chi connectivity index (χ0n) is 9.57. The maximum Gasteiger partial charge on any atom is 0.0409 e. The second-order valence-corrected chi connectivity index (χ2v) is 4.98. The van der Waals surface area contributed by atoms with Crippen molar-refractivity contribution in [2.45, 2.75) is 19.6 Å². The van der Waals surface area contributed by atoms with Crippen LogP contribution < -0.4 is 0 Å². The summed E-state index contributed by atoms with van der Waals surface area (Å²) in [5.74, 6) is 0. The Morgan fingerprint density at radius 3 is 2.53 bits per heavy atom. The van der Waals surface area contributed by atoms with Crippen LogP contribution in [0.5, 0.6) is 0 Å². The molecule has 2 heteroatoms. The van der Waals surface area contributed by atoms with Crippen LogP contribution >= 0.6 is 11.6 Å². The van der Waals surface area contributed by atoms with Gasteiger partial charge in [0.25, 0.3) is 0 Å². The second kappa shape index (κ2) is 4.52. The average molecular weight is 244 g/mol. The number of benzene rings is 2. The normalized spacial score (nSPS) is 14.9. The molecule has 1 nitrogen and oxygen atoms in total. The van der Waals surface area contributed by atoms with Gasteiger partial charge in [-0.2, -0.15) is 0 Å². The molecule has 1 aliphatic rings. The molecule has 0 aromatic heterocycles. The van der Waals surface area contributed by atoms with Crippen LogP contribution in [0.4, 0.5) is 0 Å². The summed E-state index contributed by atoms with van der Waals surface area (Å²) in [5, 5.41) is 0.838. The SMILES string of the molecule is Clc1ccc2c(c1)CN(Cc1ccccc1)C2. The molecule has 2 aromatic rings. The van der Waals surface area contributed by atoms with E-state index in [1.54, 1.807) is 0 Å². The lowest BCUT2D eigenvalue weighted by Gasteiger charge is -2.14. The molecule has 3 rings (SSSR count). The van der Waals surface area contributed by atoms with Crippen LogP contribution in [0.2, 0.25) is 5.02 Å². The highest BCUT2D eigenvalue weighted by Crippen LogP contribution is 2.26. The Hall–Kier alpha value is -1.31. The van der Waals surface area contributed by atoms with Gasteiger partial charge in [0.15, 0.2) is 0 Å². The molecule has 0 N–H and O–H groups in total. The van der Waals surface area contributed by atoms with Crippen molar-refractivity contribution in [2.24, 2.45) is 0 Å². The van der Waals surface area contributed by atoms with E-state index >= 15 is 0 Å². The van der Waals surface area contributed by atoms with Crippen molar-refractivity contribution in [1.82, 2.24) is 4.90 Å². The van der Waals surface area contributed by atoms with Gasteiger partial charge in [-0.3, -0.25) is 4.90 Å². The van der Waals surface area contributed by atoms with Crippen molar-refractivity contribution < 1.29 is 0 Å². The highest BCUT2D eigenvalue weighted by molar-refractivity contribution is 6.30. The lowest BCUT2D eigenvalue weighted by Crippen LogP contribution is -2.15. The molecule has 0 spiro atoms. The Morgan fingerprint density at radius 2 is 1.71 bits per heavy atom. The van der Waals surface area contributed by atoms with Gasteiger partial charge in [0.1, 0.15) is 0 Å². The predicted octanol–water partition coefficient (Wildman–Crippen LogP) is 3.86. The van der Waals surface area contributed by atoms with Gasteiger partial charge in [0.05, 0.1) is 0 Å². The summed E-state index contributed by atoms with van der Waals surface area (Å²) >= 11 is 6.01. The topological polar surface area (TPSA) is 3.24 Å². The van der Waals surface area contributed by atoms with Gasteiger partial charge >= 0.3 is 0 Å². The molecular weight excluding hydrogens is 230 g/mol. The van der Waals surface area contributed by atoms with E-state index in [1.807, 2.05) is 6.07 Å². The monoisotopic (exact) mass is 243 g/mol. The predicted molar refractivity (Wildman–Crippen MR) is 70.8 cm³/mol. The van der Waals surface area contributed by atoms with Gasteiger partial charge in [-0.25, -0.2) is 0 Å². The largest absolute Gasteiger partial charge is 0.291 e. The minimum Gasteiger partial charge on any atom is -0.291 e. The number of hydrogen-bond acceptors (Lipinski definition) is 1. The molecule has 0 atom stereocenters. The van der Waals surface area contributed by atoms with Crippen LogP contribution in [0, 0.1) is 0 Å². The van der Waals surface area contributed by atoms with Crippen molar-refractivity contribution >= 4 is 11.6 Å². The summed E-state index contributed by atoms with van der Waals surface area (Å²) in [7, 11) is 0. The summed E-state index contributed by atoms with van der Waals surface area (Å²) in [6, 6.07) is 16.8. The van der Waals surface area contributed by atoms with Crippen molar-refractivity contribution in [3.05, 3.63) is 70.2 Å². The Morgan fingerprint density at radius 1 is 0.941 bits per heavy atom. The fourth-order valence-corrected chi connectivity index (χ4v) is 2.58. The molecule has 0 unspecified atom stereocenters.